The number of aromatic nitrogens is 2. The monoisotopic (exact) mass is 199 g/mol. The molecule has 0 aromatic carbocycles. The zero-order valence-electron chi connectivity index (χ0n) is 8.50. The highest BCUT2D eigenvalue weighted by Gasteiger charge is 2.00. The maximum Gasteiger partial charge on any atom is 0.0824 e. The van der Waals surface area contributed by atoms with E-state index in [1.807, 2.05) is 36.6 Å². The molecule has 74 valence electrons. The van der Waals surface area contributed by atoms with Crippen LogP contribution in [0.5, 0.6) is 0 Å². The van der Waals surface area contributed by atoms with Crippen molar-refractivity contribution in [2.75, 3.05) is 23.4 Å². The van der Waals surface area contributed by atoms with Gasteiger partial charge in [-0.2, -0.15) is 16.9 Å². The van der Waals surface area contributed by atoms with Crippen LogP contribution in [0.25, 0.3) is 0 Å². The largest absolute Gasteiger partial charge is 0.381 e. The molecular weight excluding hydrogens is 182 g/mol. The first kappa shape index (κ1) is 10.4. The average molecular weight is 199 g/mol. The van der Waals surface area contributed by atoms with E-state index in [9.17, 15) is 0 Å². The summed E-state index contributed by atoms with van der Waals surface area (Å²) >= 11 is 1.95. The third-order valence-electron chi connectivity index (χ3n) is 1.78. The van der Waals surface area contributed by atoms with E-state index >= 15 is 0 Å². The first-order valence-electron chi connectivity index (χ1n) is 4.56. The molecule has 1 aromatic rings. The third kappa shape index (κ3) is 3.30. The highest BCUT2D eigenvalue weighted by atomic mass is 32.2. The average Bonchev–Trinajstić information content (AvgIpc) is 2.39. The summed E-state index contributed by atoms with van der Waals surface area (Å²) in [7, 11) is 1.94. The number of hydrogen-bond acceptors (Lipinski definition) is 3. The summed E-state index contributed by atoms with van der Waals surface area (Å²) in [6.07, 6.45) is 2.02. The van der Waals surface area contributed by atoms with Gasteiger partial charge in [-0.1, -0.05) is 6.92 Å². The van der Waals surface area contributed by atoms with Crippen LogP contribution >= 0.6 is 11.8 Å². The Morgan fingerprint density at radius 3 is 2.92 bits per heavy atom. The quantitative estimate of drug-likeness (QED) is 0.734. The molecule has 3 nitrogen and oxygen atoms in total. The molecule has 1 aromatic heterocycles. The lowest BCUT2D eigenvalue weighted by Crippen LogP contribution is -2.04. The molecule has 1 heterocycles. The third-order valence-corrected chi connectivity index (χ3v) is 2.68. The number of aryl methyl sites for hydroxylation is 2. The fraction of sp³-hybridized carbons (Fsp3) is 0.667. The summed E-state index contributed by atoms with van der Waals surface area (Å²) in [6.45, 7) is 5.22. The molecule has 1 rings (SSSR count). The van der Waals surface area contributed by atoms with Gasteiger partial charge in [0.15, 0.2) is 0 Å². The van der Waals surface area contributed by atoms with Crippen LogP contribution in [0.4, 0.5) is 5.69 Å². The predicted molar refractivity (Wildman–Crippen MR) is 59.4 cm³/mol. The van der Waals surface area contributed by atoms with Crippen LogP contribution in [0.15, 0.2) is 6.20 Å². The fourth-order valence-corrected chi connectivity index (χ4v) is 1.71. The molecule has 0 fully saturated rings. The molecule has 0 aliphatic heterocycles. The Kier molecular flexibility index (Phi) is 4.15. The van der Waals surface area contributed by atoms with Gasteiger partial charge in [0, 0.05) is 25.5 Å². The zero-order chi connectivity index (χ0) is 9.68. The van der Waals surface area contributed by atoms with E-state index in [0.717, 1.165) is 23.7 Å². The topological polar surface area (TPSA) is 29.9 Å². The molecule has 0 radical (unpaired) electrons. The van der Waals surface area contributed by atoms with E-state index in [1.54, 1.807) is 0 Å². The van der Waals surface area contributed by atoms with Gasteiger partial charge < -0.3 is 5.32 Å². The van der Waals surface area contributed by atoms with Gasteiger partial charge in [-0.25, -0.2) is 0 Å². The summed E-state index contributed by atoms with van der Waals surface area (Å²) in [5, 5.41) is 7.62. The van der Waals surface area contributed by atoms with E-state index in [1.165, 1.54) is 5.75 Å². The maximum atomic E-state index is 4.26. The van der Waals surface area contributed by atoms with Crippen molar-refractivity contribution in [3.05, 3.63) is 11.9 Å². The van der Waals surface area contributed by atoms with Gasteiger partial charge in [0.2, 0.25) is 0 Å². The van der Waals surface area contributed by atoms with E-state index < -0.39 is 0 Å². The van der Waals surface area contributed by atoms with Crippen molar-refractivity contribution < 1.29 is 0 Å². The van der Waals surface area contributed by atoms with Crippen molar-refractivity contribution in [3.8, 4) is 0 Å². The molecule has 0 unspecified atom stereocenters. The minimum Gasteiger partial charge on any atom is -0.381 e. The summed E-state index contributed by atoms with van der Waals surface area (Å²) < 4.78 is 1.84. The smallest absolute Gasteiger partial charge is 0.0824 e. The highest BCUT2D eigenvalue weighted by Crippen LogP contribution is 2.11. The van der Waals surface area contributed by atoms with Crippen LogP contribution in [0.3, 0.4) is 0 Å². The Hall–Kier alpha value is -0.640. The summed E-state index contributed by atoms with van der Waals surface area (Å²) in [5.41, 5.74) is 2.23. The van der Waals surface area contributed by atoms with E-state index in [-0.39, 0.29) is 0 Å². The second-order valence-electron chi connectivity index (χ2n) is 2.93. The van der Waals surface area contributed by atoms with Crippen LogP contribution < -0.4 is 5.32 Å². The summed E-state index contributed by atoms with van der Waals surface area (Å²) in [5.74, 6) is 2.35. The lowest BCUT2D eigenvalue weighted by atomic mass is 10.4. The molecule has 0 atom stereocenters. The Bertz CT molecular complexity index is 257. The Morgan fingerprint density at radius 1 is 1.62 bits per heavy atom. The number of hydrogen-bond donors (Lipinski definition) is 1. The number of thioether (sulfide) groups is 1. The van der Waals surface area contributed by atoms with Gasteiger partial charge in [0.1, 0.15) is 0 Å². The van der Waals surface area contributed by atoms with Gasteiger partial charge in [0.25, 0.3) is 0 Å². The molecule has 0 aliphatic carbocycles. The minimum absolute atomic E-state index is 1.02. The van der Waals surface area contributed by atoms with Crippen molar-refractivity contribution in [1.29, 1.82) is 0 Å². The number of rotatable bonds is 5. The maximum absolute atomic E-state index is 4.26. The standard InChI is InChI=1S/C9H17N3S/c1-4-13-6-5-10-9-7-12(3)11-8(9)2/h7,10H,4-6H2,1-3H3. The van der Waals surface area contributed by atoms with E-state index in [2.05, 4.69) is 17.3 Å². The Morgan fingerprint density at radius 2 is 2.38 bits per heavy atom. The molecule has 0 bridgehead atoms. The highest BCUT2D eigenvalue weighted by molar-refractivity contribution is 7.99. The van der Waals surface area contributed by atoms with Gasteiger partial charge in [0.05, 0.1) is 11.4 Å². The van der Waals surface area contributed by atoms with Crippen molar-refractivity contribution in [1.82, 2.24) is 9.78 Å². The Labute approximate surface area is 83.9 Å². The number of nitrogens with zero attached hydrogens (tertiary/aromatic N) is 2. The lowest BCUT2D eigenvalue weighted by Gasteiger charge is -2.02. The molecule has 0 aliphatic rings. The second kappa shape index (κ2) is 5.17. The van der Waals surface area contributed by atoms with E-state index in [4.69, 9.17) is 0 Å². The van der Waals surface area contributed by atoms with Crippen LogP contribution in [0.2, 0.25) is 0 Å². The second-order valence-corrected chi connectivity index (χ2v) is 4.32. The first-order chi connectivity index (χ1) is 6.24. The Balaban J connectivity index is 2.32. The lowest BCUT2D eigenvalue weighted by molar-refractivity contribution is 0.756. The summed E-state index contributed by atoms with van der Waals surface area (Å²) in [6, 6.07) is 0. The molecule has 0 spiro atoms. The van der Waals surface area contributed by atoms with Crippen molar-refractivity contribution in [2.24, 2.45) is 7.05 Å². The van der Waals surface area contributed by atoms with Gasteiger partial charge in [-0.3, -0.25) is 4.68 Å². The SMILES string of the molecule is CCSCCNc1cn(C)nc1C. The molecule has 0 saturated carbocycles. The predicted octanol–water partition coefficient (Wildman–Crippen LogP) is 1.89. The number of anilines is 1. The molecule has 4 heteroatoms. The van der Waals surface area contributed by atoms with E-state index in [0.29, 0.717) is 0 Å². The van der Waals surface area contributed by atoms with Crippen LogP contribution in [-0.2, 0) is 7.05 Å². The van der Waals surface area contributed by atoms with Crippen LogP contribution in [0.1, 0.15) is 12.6 Å². The molecular formula is C9H17N3S. The normalized spacial score (nSPS) is 10.4. The molecule has 0 amide bonds. The van der Waals surface area contributed by atoms with Crippen molar-refractivity contribution in [3.63, 3.8) is 0 Å². The fourth-order valence-electron chi connectivity index (χ4n) is 1.18. The first-order valence-corrected chi connectivity index (χ1v) is 5.71. The van der Waals surface area contributed by atoms with Crippen molar-refractivity contribution in [2.45, 2.75) is 13.8 Å². The van der Waals surface area contributed by atoms with Gasteiger partial charge in [-0.15, -0.1) is 0 Å². The summed E-state index contributed by atoms with van der Waals surface area (Å²) in [4.78, 5) is 0. The zero-order valence-corrected chi connectivity index (χ0v) is 9.32. The molecule has 0 saturated heterocycles. The molecule has 13 heavy (non-hydrogen) atoms. The van der Waals surface area contributed by atoms with Crippen LogP contribution in [-0.4, -0.2) is 27.8 Å². The minimum atomic E-state index is 1.02. The van der Waals surface area contributed by atoms with Gasteiger partial charge in [-0.05, 0) is 12.7 Å². The number of nitrogens with one attached hydrogen (secondary N) is 1. The van der Waals surface area contributed by atoms with Crippen molar-refractivity contribution >= 4 is 17.4 Å². The van der Waals surface area contributed by atoms with Gasteiger partial charge >= 0.3 is 0 Å². The van der Waals surface area contributed by atoms with Crippen LogP contribution in [0, 0.1) is 6.92 Å². The molecule has 1 N–H and O–H groups in total.